The molecule has 148 valence electrons. The maximum Gasteiger partial charge on any atom is 0.262 e. The van der Waals surface area contributed by atoms with E-state index < -0.39 is 0 Å². The Hall–Kier alpha value is -2.82. The van der Waals surface area contributed by atoms with Crippen LogP contribution in [0.1, 0.15) is 44.7 Å². The number of carbonyl (C=O) groups excluding carboxylic acids is 2. The fraction of sp³-hybridized carbons (Fsp3) is 0.391. The summed E-state index contributed by atoms with van der Waals surface area (Å²) in [7, 11) is 0. The van der Waals surface area contributed by atoms with Gasteiger partial charge in [0.2, 0.25) is 5.91 Å². The molecule has 1 aliphatic rings. The molecule has 1 saturated carbocycles. The normalized spacial score (nSPS) is 13.7. The summed E-state index contributed by atoms with van der Waals surface area (Å²) < 4.78 is 5.77. The molecule has 5 heteroatoms. The number of carbonyl (C=O) groups is 2. The van der Waals surface area contributed by atoms with Crippen molar-refractivity contribution in [2.75, 3.05) is 17.2 Å². The molecule has 2 aromatic carbocycles. The Morgan fingerprint density at radius 3 is 2.46 bits per heavy atom. The van der Waals surface area contributed by atoms with Gasteiger partial charge in [-0.25, -0.2) is 0 Å². The molecule has 3 rings (SSSR count). The van der Waals surface area contributed by atoms with E-state index in [-0.39, 0.29) is 29.8 Å². The highest BCUT2D eigenvalue weighted by Crippen LogP contribution is 2.32. The number of nitrogens with one attached hydrogen (secondary N) is 2. The molecular weight excluding hydrogens is 352 g/mol. The number of benzene rings is 2. The number of rotatable bonds is 6. The molecule has 0 aliphatic heterocycles. The summed E-state index contributed by atoms with van der Waals surface area (Å²) >= 11 is 0. The molecule has 0 atom stereocenters. The van der Waals surface area contributed by atoms with Crippen molar-refractivity contribution in [2.45, 2.75) is 46.0 Å². The molecule has 0 aromatic heterocycles. The van der Waals surface area contributed by atoms with Crippen LogP contribution in [0.5, 0.6) is 5.75 Å². The van der Waals surface area contributed by atoms with Crippen LogP contribution in [0.4, 0.5) is 11.4 Å². The first kappa shape index (κ1) is 19.9. The molecule has 0 heterocycles. The Bertz CT molecular complexity index is 880. The lowest BCUT2D eigenvalue weighted by atomic mass is 9.86. The van der Waals surface area contributed by atoms with Crippen molar-refractivity contribution in [3.63, 3.8) is 0 Å². The van der Waals surface area contributed by atoms with Crippen molar-refractivity contribution in [1.82, 2.24) is 0 Å². The molecular formula is C23H28N2O3. The van der Waals surface area contributed by atoms with E-state index >= 15 is 0 Å². The van der Waals surface area contributed by atoms with E-state index in [1.165, 1.54) is 0 Å². The lowest BCUT2D eigenvalue weighted by Crippen LogP contribution is -2.22. The topological polar surface area (TPSA) is 67.4 Å². The Kier molecular flexibility index (Phi) is 5.73. The third-order valence-corrected chi connectivity index (χ3v) is 4.78. The summed E-state index contributed by atoms with van der Waals surface area (Å²) in [6.07, 6.45) is 1.91. The number of amides is 2. The molecule has 0 unspecified atom stereocenters. The average molecular weight is 380 g/mol. The van der Waals surface area contributed by atoms with Crippen molar-refractivity contribution in [1.29, 1.82) is 0 Å². The van der Waals surface area contributed by atoms with Crippen molar-refractivity contribution >= 4 is 23.2 Å². The van der Waals surface area contributed by atoms with Crippen LogP contribution in [0.2, 0.25) is 0 Å². The summed E-state index contributed by atoms with van der Waals surface area (Å²) in [5, 5.41) is 5.79. The first-order chi connectivity index (χ1) is 13.2. The van der Waals surface area contributed by atoms with Crippen molar-refractivity contribution in [3.8, 4) is 5.75 Å². The van der Waals surface area contributed by atoms with Gasteiger partial charge < -0.3 is 15.4 Å². The largest absolute Gasteiger partial charge is 0.483 e. The van der Waals surface area contributed by atoms with Gasteiger partial charge in [-0.15, -0.1) is 0 Å². The zero-order chi connectivity index (χ0) is 20.3. The first-order valence-electron chi connectivity index (χ1n) is 9.68. The van der Waals surface area contributed by atoms with Gasteiger partial charge in [-0.1, -0.05) is 45.0 Å². The highest BCUT2D eigenvalue weighted by molar-refractivity contribution is 5.96. The smallest absolute Gasteiger partial charge is 0.262 e. The van der Waals surface area contributed by atoms with Gasteiger partial charge in [-0.05, 0) is 54.5 Å². The third-order valence-electron chi connectivity index (χ3n) is 4.78. The Morgan fingerprint density at radius 2 is 1.79 bits per heavy atom. The van der Waals surface area contributed by atoms with Crippen LogP contribution in [0.25, 0.3) is 0 Å². The zero-order valence-corrected chi connectivity index (χ0v) is 17.0. The molecule has 2 aromatic rings. The Morgan fingerprint density at radius 1 is 1.07 bits per heavy atom. The van der Waals surface area contributed by atoms with Gasteiger partial charge >= 0.3 is 0 Å². The highest BCUT2D eigenvalue weighted by atomic mass is 16.5. The van der Waals surface area contributed by atoms with Gasteiger partial charge in [-0.2, -0.15) is 0 Å². The predicted molar refractivity (Wildman–Crippen MR) is 112 cm³/mol. The fourth-order valence-electron chi connectivity index (χ4n) is 2.97. The number of aryl methyl sites for hydroxylation is 1. The van der Waals surface area contributed by atoms with Crippen LogP contribution in [-0.4, -0.2) is 18.4 Å². The van der Waals surface area contributed by atoms with Crippen LogP contribution >= 0.6 is 0 Å². The van der Waals surface area contributed by atoms with E-state index in [1.807, 2.05) is 43.3 Å². The van der Waals surface area contributed by atoms with Gasteiger partial charge in [0.25, 0.3) is 5.91 Å². The Balaban J connectivity index is 1.62. The number of anilines is 2. The zero-order valence-electron chi connectivity index (χ0n) is 17.0. The summed E-state index contributed by atoms with van der Waals surface area (Å²) in [6.45, 7) is 8.18. The Labute approximate surface area is 166 Å². The first-order valence-corrected chi connectivity index (χ1v) is 9.68. The second-order valence-corrected chi connectivity index (χ2v) is 8.38. The number of para-hydroxylation sites is 1. The predicted octanol–water partition coefficient (Wildman–Crippen LogP) is 4.66. The molecule has 0 bridgehead atoms. The second kappa shape index (κ2) is 8.05. The van der Waals surface area contributed by atoms with E-state index in [0.717, 1.165) is 29.7 Å². The van der Waals surface area contributed by atoms with E-state index in [0.29, 0.717) is 11.4 Å². The summed E-state index contributed by atoms with van der Waals surface area (Å²) in [6, 6.07) is 13.3. The molecule has 0 radical (unpaired) electrons. The van der Waals surface area contributed by atoms with Crippen LogP contribution in [-0.2, 0) is 15.0 Å². The van der Waals surface area contributed by atoms with E-state index in [4.69, 9.17) is 4.74 Å². The lowest BCUT2D eigenvalue weighted by Gasteiger charge is -2.22. The van der Waals surface area contributed by atoms with E-state index in [2.05, 4.69) is 31.4 Å². The van der Waals surface area contributed by atoms with Gasteiger partial charge in [0.05, 0.1) is 0 Å². The maximum absolute atomic E-state index is 12.4. The molecule has 5 nitrogen and oxygen atoms in total. The van der Waals surface area contributed by atoms with Crippen molar-refractivity contribution in [2.24, 2.45) is 5.92 Å². The van der Waals surface area contributed by atoms with Gasteiger partial charge in [0.15, 0.2) is 6.61 Å². The van der Waals surface area contributed by atoms with Crippen LogP contribution in [0.3, 0.4) is 0 Å². The van der Waals surface area contributed by atoms with Crippen LogP contribution in [0.15, 0.2) is 42.5 Å². The molecule has 28 heavy (non-hydrogen) atoms. The van der Waals surface area contributed by atoms with Crippen molar-refractivity contribution < 1.29 is 14.3 Å². The minimum Gasteiger partial charge on any atom is -0.483 e. The highest BCUT2D eigenvalue weighted by Gasteiger charge is 2.29. The molecule has 0 saturated heterocycles. The van der Waals surface area contributed by atoms with Crippen LogP contribution in [0, 0.1) is 12.8 Å². The quantitative estimate of drug-likeness (QED) is 0.766. The summed E-state index contributed by atoms with van der Waals surface area (Å²) in [4.78, 5) is 24.4. The number of hydrogen-bond donors (Lipinski definition) is 2. The van der Waals surface area contributed by atoms with E-state index in [9.17, 15) is 9.59 Å². The maximum atomic E-state index is 12.4. The average Bonchev–Trinajstić information content (AvgIpc) is 3.47. The lowest BCUT2D eigenvalue weighted by molar-refractivity contribution is -0.118. The number of ether oxygens (including phenoxy) is 1. The second-order valence-electron chi connectivity index (χ2n) is 8.38. The van der Waals surface area contributed by atoms with Crippen LogP contribution < -0.4 is 15.4 Å². The third kappa shape index (κ3) is 5.12. The van der Waals surface area contributed by atoms with E-state index in [1.54, 1.807) is 6.07 Å². The molecule has 2 amide bonds. The molecule has 2 N–H and O–H groups in total. The molecule has 1 aliphatic carbocycles. The van der Waals surface area contributed by atoms with Gasteiger partial charge in [-0.3, -0.25) is 9.59 Å². The summed E-state index contributed by atoms with van der Waals surface area (Å²) in [5.74, 6) is 0.654. The molecule has 1 fully saturated rings. The SMILES string of the molecule is Cc1ccc(NC(=O)COc2ccccc2C(C)(C)C)cc1NC(=O)C1CC1. The monoisotopic (exact) mass is 380 g/mol. The summed E-state index contributed by atoms with van der Waals surface area (Å²) in [5.41, 5.74) is 3.31. The minimum absolute atomic E-state index is 0.0497. The fourth-order valence-corrected chi connectivity index (χ4v) is 2.97. The number of hydrogen-bond acceptors (Lipinski definition) is 3. The standard InChI is InChI=1S/C23H28N2O3/c1-15-9-12-17(13-19(15)25-22(27)16-10-11-16)24-21(26)14-28-20-8-6-5-7-18(20)23(2,3)4/h5-9,12-13,16H,10-11,14H2,1-4H3,(H,24,26)(H,25,27). The minimum atomic E-state index is -0.243. The molecule has 0 spiro atoms. The van der Waals surface area contributed by atoms with Crippen molar-refractivity contribution in [3.05, 3.63) is 53.6 Å². The van der Waals surface area contributed by atoms with Gasteiger partial charge in [0.1, 0.15) is 5.75 Å². The van der Waals surface area contributed by atoms with Gasteiger partial charge in [0, 0.05) is 17.3 Å².